The molecule has 0 aromatic heterocycles. The van der Waals surface area contributed by atoms with Crippen LogP contribution in [0.4, 0.5) is 11.4 Å². The zero-order valence-electron chi connectivity index (χ0n) is 27.3. The Labute approximate surface area is 280 Å². The fourth-order valence-corrected chi connectivity index (χ4v) is 6.18. The Morgan fingerprint density at radius 1 is 0.837 bits per heavy atom. The monoisotopic (exact) mass is 687 g/mol. The van der Waals surface area contributed by atoms with E-state index in [-0.39, 0.29) is 79.7 Å². The fraction of sp³-hybridized carbons (Fsp3) is 0.500. The van der Waals surface area contributed by atoms with Gasteiger partial charge in [0.05, 0.1) is 79.0 Å². The van der Waals surface area contributed by atoms with Crippen LogP contribution >= 0.6 is 0 Å². The lowest BCUT2D eigenvalue weighted by Gasteiger charge is -2.18. The average Bonchev–Trinajstić information content (AvgIpc) is 3.66. The minimum Gasteiger partial charge on any atom is -0.493 e. The largest absolute Gasteiger partial charge is 0.493 e. The van der Waals surface area contributed by atoms with Gasteiger partial charge in [0.15, 0.2) is 17.3 Å². The minimum atomic E-state index is -1.09. The molecule has 264 valence electrons. The van der Waals surface area contributed by atoms with Crippen molar-refractivity contribution in [3.05, 3.63) is 61.2 Å². The molecule has 1 aliphatic carbocycles. The number of aliphatic hydroxyl groups excluding tert-OH is 2. The topological polar surface area (TPSA) is 235 Å². The highest BCUT2D eigenvalue weighted by molar-refractivity contribution is 6.04. The summed E-state index contributed by atoms with van der Waals surface area (Å²) in [5, 5.41) is 44.1. The maximum Gasteiger partial charge on any atom is 0.309 e. The van der Waals surface area contributed by atoms with E-state index in [4.69, 9.17) is 18.9 Å². The summed E-state index contributed by atoms with van der Waals surface area (Å²) < 4.78 is 21.5. The number of amides is 1. The fourth-order valence-electron chi connectivity index (χ4n) is 6.18. The molecule has 1 aliphatic heterocycles. The number of aliphatic hydroxyl groups is 2. The van der Waals surface area contributed by atoms with Crippen LogP contribution in [0.3, 0.4) is 0 Å². The Kier molecular flexibility index (Phi) is 11.5. The van der Waals surface area contributed by atoms with Gasteiger partial charge in [0.25, 0.3) is 17.3 Å². The number of nitrogens with zero attached hydrogens (tertiary/aromatic N) is 3. The average molecular weight is 688 g/mol. The van der Waals surface area contributed by atoms with E-state index in [1.165, 1.54) is 25.0 Å². The molecule has 2 aromatic carbocycles. The Hall–Kier alpha value is -5.16. The minimum absolute atomic E-state index is 0.00677. The number of β-amino-alcohol motifs (C(OH)–C–C–N with tert-alkyl or cyclic N) is 1. The molecule has 0 spiro atoms. The molecule has 5 atom stereocenters. The summed E-state index contributed by atoms with van der Waals surface area (Å²) in [6.45, 7) is 2.57. The number of Topliss-reactive ketones (excluding diaryl/α,β-unsaturated/α-hetero) is 2. The third-order valence-corrected chi connectivity index (χ3v) is 8.75. The second-order valence-corrected chi connectivity index (χ2v) is 11.9. The summed E-state index contributed by atoms with van der Waals surface area (Å²) in [7, 11) is 2.44. The highest BCUT2D eigenvalue weighted by atomic mass is 16.6. The van der Waals surface area contributed by atoms with E-state index in [1.807, 2.05) is 0 Å². The maximum absolute atomic E-state index is 13.4. The number of nitro groups is 2. The molecule has 1 saturated carbocycles. The van der Waals surface area contributed by atoms with Crippen molar-refractivity contribution in [3.63, 3.8) is 0 Å². The molecule has 2 aromatic rings. The number of likely N-dealkylation sites (tertiary alicyclic amines) is 1. The number of ether oxygens (including phenoxy) is 4. The number of benzene rings is 2. The number of methoxy groups -OCH3 is 2. The smallest absolute Gasteiger partial charge is 0.309 e. The first-order valence-electron chi connectivity index (χ1n) is 15.4. The number of rotatable bonds is 14. The summed E-state index contributed by atoms with van der Waals surface area (Å²) in [6.07, 6.45) is -1.85. The van der Waals surface area contributed by atoms with Gasteiger partial charge in [0.2, 0.25) is 0 Å². The Balaban J connectivity index is 1.43. The quantitative estimate of drug-likeness (QED) is 0.0954. The van der Waals surface area contributed by atoms with E-state index in [2.05, 4.69) is 0 Å². The molecule has 0 bridgehead atoms. The lowest BCUT2D eigenvalue weighted by atomic mass is 9.87. The van der Waals surface area contributed by atoms with Gasteiger partial charge in [-0.1, -0.05) is 0 Å². The molecule has 1 heterocycles. The van der Waals surface area contributed by atoms with Crippen LogP contribution in [0.15, 0.2) is 24.3 Å². The van der Waals surface area contributed by atoms with Crippen LogP contribution in [0.1, 0.15) is 52.5 Å². The molecule has 1 amide bonds. The Morgan fingerprint density at radius 3 is 2.00 bits per heavy atom. The highest BCUT2D eigenvalue weighted by Gasteiger charge is 2.45. The van der Waals surface area contributed by atoms with Crippen molar-refractivity contribution in [1.82, 2.24) is 4.90 Å². The Bertz CT molecular complexity index is 1660. The number of hydrogen-bond donors (Lipinski definition) is 2. The number of nitro benzene ring substituents is 2. The molecule has 1 unspecified atom stereocenters. The van der Waals surface area contributed by atoms with Crippen molar-refractivity contribution >= 4 is 34.8 Å². The summed E-state index contributed by atoms with van der Waals surface area (Å²) in [4.78, 5) is 74.0. The maximum atomic E-state index is 13.4. The van der Waals surface area contributed by atoms with Gasteiger partial charge in [-0.05, 0) is 38.3 Å². The molecular formula is C32H37N3O14. The third kappa shape index (κ3) is 7.94. The van der Waals surface area contributed by atoms with E-state index in [9.17, 15) is 49.6 Å². The van der Waals surface area contributed by atoms with Crippen molar-refractivity contribution in [1.29, 1.82) is 0 Å². The second-order valence-electron chi connectivity index (χ2n) is 11.9. The predicted molar refractivity (Wildman–Crippen MR) is 168 cm³/mol. The lowest BCUT2D eigenvalue weighted by Crippen LogP contribution is -2.30. The van der Waals surface area contributed by atoms with Crippen molar-refractivity contribution in [3.8, 4) is 17.2 Å². The first-order chi connectivity index (χ1) is 23.2. The predicted octanol–water partition coefficient (Wildman–Crippen LogP) is 2.43. The van der Waals surface area contributed by atoms with E-state index in [1.54, 1.807) is 6.92 Å². The second kappa shape index (κ2) is 15.4. The Morgan fingerprint density at radius 2 is 1.43 bits per heavy atom. The zero-order chi connectivity index (χ0) is 36.2. The van der Waals surface area contributed by atoms with Crippen LogP contribution in [-0.4, -0.2) is 101 Å². The summed E-state index contributed by atoms with van der Waals surface area (Å²) in [5.74, 6) is -5.01. The van der Waals surface area contributed by atoms with Gasteiger partial charge in [0.1, 0.15) is 17.1 Å². The van der Waals surface area contributed by atoms with Gasteiger partial charge >= 0.3 is 5.97 Å². The third-order valence-electron chi connectivity index (χ3n) is 8.75. The lowest BCUT2D eigenvalue weighted by molar-refractivity contribution is -0.385. The molecule has 49 heavy (non-hydrogen) atoms. The van der Waals surface area contributed by atoms with Crippen molar-refractivity contribution < 1.29 is 58.2 Å². The van der Waals surface area contributed by atoms with Gasteiger partial charge in [-0.15, -0.1) is 0 Å². The van der Waals surface area contributed by atoms with Gasteiger partial charge < -0.3 is 34.1 Å². The molecule has 0 radical (unpaired) electrons. The van der Waals surface area contributed by atoms with Crippen LogP contribution in [0.5, 0.6) is 17.2 Å². The molecule has 2 N–H and O–H groups in total. The number of carbonyl (C=O) groups is 4. The van der Waals surface area contributed by atoms with Crippen molar-refractivity contribution in [2.45, 2.75) is 45.3 Å². The molecule has 2 fully saturated rings. The van der Waals surface area contributed by atoms with E-state index in [0.717, 1.165) is 25.3 Å². The first kappa shape index (κ1) is 36.7. The van der Waals surface area contributed by atoms with E-state index in [0.29, 0.717) is 5.56 Å². The highest BCUT2D eigenvalue weighted by Crippen LogP contribution is 2.39. The number of ketones is 2. The van der Waals surface area contributed by atoms with Crippen LogP contribution in [0, 0.1) is 44.9 Å². The summed E-state index contributed by atoms with van der Waals surface area (Å²) in [5.41, 5.74) is -1.22. The van der Waals surface area contributed by atoms with Crippen LogP contribution < -0.4 is 14.2 Å². The van der Waals surface area contributed by atoms with Gasteiger partial charge in [-0.25, -0.2) is 0 Å². The molecular weight excluding hydrogens is 650 g/mol. The number of carbonyl (C=O) groups excluding carboxylic acids is 4. The molecule has 1 saturated heterocycles. The van der Waals surface area contributed by atoms with Gasteiger partial charge in [0, 0.05) is 31.5 Å². The zero-order valence-corrected chi connectivity index (χ0v) is 27.3. The molecule has 17 heteroatoms. The molecule has 4 rings (SSSR count). The van der Waals surface area contributed by atoms with E-state index >= 15 is 0 Å². The summed E-state index contributed by atoms with van der Waals surface area (Å²) in [6, 6.07) is 4.62. The van der Waals surface area contributed by atoms with Crippen LogP contribution in [0.2, 0.25) is 0 Å². The number of esters is 1. The van der Waals surface area contributed by atoms with E-state index < -0.39 is 68.8 Å². The van der Waals surface area contributed by atoms with Crippen molar-refractivity contribution in [2.24, 2.45) is 17.8 Å². The van der Waals surface area contributed by atoms with Crippen LogP contribution in [-0.2, 0) is 14.3 Å². The molecule has 17 nitrogen and oxygen atoms in total. The summed E-state index contributed by atoms with van der Waals surface area (Å²) >= 11 is 0. The van der Waals surface area contributed by atoms with Gasteiger partial charge in [-0.3, -0.25) is 39.4 Å². The normalized spacial score (nSPS) is 21.6. The molecule has 2 aliphatic rings. The van der Waals surface area contributed by atoms with Crippen LogP contribution in [0.25, 0.3) is 0 Å². The number of hydrogen-bond acceptors (Lipinski definition) is 14. The standard InChI is InChI=1S/C32H37N3O14/c1-16-8-21(30(39)19-9-18(37)10-20(19)32(41)47-4)24(34(42)43)12-27(16)48-6-5-7-49-29-13-25(35(44)45)22(11-28(29)46-3)31(40)33-14-23(17(2)36)26(38)15-33/h8,11-13,18-20,23,26,37-38H,5-7,9-10,14-15H2,1-4H3/t18-,19?,20+,23+,26-/m0/s1. The SMILES string of the molecule is COC(=O)[C@@H]1C[C@@H](O)CC1C(=O)c1cc(C)c(OCCCOc2cc([N+](=O)[O-])c(C(=O)N3C[C@H](C(C)=O)[C@@H](O)C3)cc2OC)cc1[N+](=O)[O-]. The van der Waals surface area contributed by atoms with Crippen molar-refractivity contribution in [2.75, 3.05) is 40.5 Å². The first-order valence-corrected chi connectivity index (χ1v) is 15.4. The number of aryl methyl sites for hydroxylation is 1. The van der Waals surface area contributed by atoms with Gasteiger partial charge in [-0.2, -0.15) is 0 Å².